The van der Waals surface area contributed by atoms with E-state index in [0.29, 0.717) is 0 Å². The number of imide groups is 1. The monoisotopic (exact) mass is 341 g/mol. The molecule has 9 heteroatoms. The highest BCUT2D eigenvalue weighted by Crippen LogP contribution is 2.31. The van der Waals surface area contributed by atoms with Gasteiger partial charge in [0.15, 0.2) is 0 Å². The highest BCUT2D eigenvalue weighted by molar-refractivity contribution is 6.06. The van der Waals surface area contributed by atoms with Crippen LogP contribution in [0, 0.1) is 0 Å². The van der Waals surface area contributed by atoms with Crippen molar-refractivity contribution in [2.45, 2.75) is 25.1 Å². The van der Waals surface area contributed by atoms with Gasteiger partial charge in [-0.15, -0.1) is 0 Å². The predicted octanol–water partition coefficient (Wildman–Crippen LogP) is 2.07. The van der Waals surface area contributed by atoms with Gasteiger partial charge in [-0.2, -0.15) is 13.2 Å². The van der Waals surface area contributed by atoms with E-state index in [1.165, 1.54) is 17.0 Å². The summed E-state index contributed by atoms with van der Waals surface area (Å²) in [4.78, 5) is 38.1. The smallest absolute Gasteiger partial charge is 0.325 e. The van der Waals surface area contributed by atoms with Gasteiger partial charge in [-0.05, 0) is 31.0 Å². The molecule has 0 aromatic heterocycles. The molecule has 3 rings (SSSR count). The molecular formula is C15H14F3N3O3. The summed E-state index contributed by atoms with van der Waals surface area (Å²) in [6.07, 6.45) is -2.85. The maximum atomic E-state index is 12.6. The first-order valence-electron chi connectivity index (χ1n) is 7.34. The third-order valence-corrected chi connectivity index (χ3v) is 3.85. The van der Waals surface area contributed by atoms with Crippen molar-refractivity contribution in [2.75, 3.05) is 18.4 Å². The predicted molar refractivity (Wildman–Crippen MR) is 76.9 cm³/mol. The van der Waals surface area contributed by atoms with Crippen molar-refractivity contribution in [3.8, 4) is 0 Å². The lowest BCUT2D eigenvalue weighted by molar-refractivity contribution is -0.137. The number of urea groups is 1. The molecule has 2 aliphatic rings. The van der Waals surface area contributed by atoms with Gasteiger partial charge < -0.3 is 10.2 Å². The molecule has 1 aromatic carbocycles. The van der Waals surface area contributed by atoms with E-state index in [-0.39, 0.29) is 18.3 Å². The normalized spacial score (nSPS) is 18.3. The van der Waals surface area contributed by atoms with E-state index >= 15 is 0 Å². The van der Waals surface area contributed by atoms with E-state index in [2.05, 4.69) is 5.32 Å². The Morgan fingerprint density at radius 1 is 1.25 bits per heavy atom. The number of carbonyl (C=O) groups is 3. The summed E-state index contributed by atoms with van der Waals surface area (Å²) in [5, 5.41) is 2.28. The van der Waals surface area contributed by atoms with E-state index in [1.807, 2.05) is 0 Å². The second kappa shape index (κ2) is 5.81. The van der Waals surface area contributed by atoms with E-state index in [9.17, 15) is 27.6 Å². The van der Waals surface area contributed by atoms with Crippen molar-refractivity contribution in [3.05, 3.63) is 29.8 Å². The molecule has 4 amide bonds. The number of nitrogens with one attached hydrogen (secondary N) is 1. The fraction of sp³-hybridized carbons (Fsp3) is 0.400. The van der Waals surface area contributed by atoms with Crippen LogP contribution < -0.4 is 5.32 Å². The van der Waals surface area contributed by atoms with Crippen molar-refractivity contribution in [3.63, 3.8) is 0 Å². The van der Waals surface area contributed by atoms with Crippen molar-refractivity contribution in [1.82, 2.24) is 9.80 Å². The summed E-state index contributed by atoms with van der Waals surface area (Å²) < 4.78 is 37.9. The third-order valence-electron chi connectivity index (χ3n) is 3.85. The first kappa shape index (κ1) is 16.3. The van der Waals surface area contributed by atoms with Crippen molar-refractivity contribution >= 4 is 23.5 Å². The lowest BCUT2D eigenvalue weighted by Crippen LogP contribution is -2.39. The number of nitrogens with zero attached hydrogens (tertiary/aromatic N) is 2. The molecule has 24 heavy (non-hydrogen) atoms. The van der Waals surface area contributed by atoms with Gasteiger partial charge in [0, 0.05) is 11.7 Å². The molecule has 0 radical (unpaired) electrons. The van der Waals surface area contributed by atoms with Gasteiger partial charge in [-0.1, -0.05) is 6.07 Å². The number of rotatable bonds is 4. The maximum absolute atomic E-state index is 12.6. The van der Waals surface area contributed by atoms with Crippen LogP contribution in [0.2, 0.25) is 0 Å². The summed E-state index contributed by atoms with van der Waals surface area (Å²) in [7, 11) is 0. The largest absolute Gasteiger partial charge is 0.416 e. The van der Waals surface area contributed by atoms with E-state index in [1.54, 1.807) is 0 Å². The Hall–Kier alpha value is -2.58. The highest BCUT2D eigenvalue weighted by Gasteiger charge is 2.44. The minimum atomic E-state index is -4.52. The maximum Gasteiger partial charge on any atom is 0.416 e. The summed E-state index contributed by atoms with van der Waals surface area (Å²) in [5.74, 6) is -1.21. The Kier molecular flexibility index (Phi) is 3.94. The van der Waals surface area contributed by atoms with Crippen molar-refractivity contribution in [1.29, 1.82) is 0 Å². The minimum Gasteiger partial charge on any atom is -0.325 e. The zero-order valence-electron chi connectivity index (χ0n) is 12.5. The molecule has 128 valence electrons. The van der Waals surface area contributed by atoms with Gasteiger partial charge in [0.2, 0.25) is 5.91 Å². The Morgan fingerprint density at radius 2 is 1.96 bits per heavy atom. The fourth-order valence-electron chi connectivity index (χ4n) is 2.51. The van der Waals surface area contributed by atoms with E-state index in [0.717, 1.165) is 29.9 Å². The van der Waals surface area contributed by atoms with Crippen molar-refractivity contribution < 1.29 is 27.6 Å². The second-order valence-electron chi connectivity index (χ2n) is 5.75. The molecule has 0 spiro atoms. The number of amides is 4. The van der Waals surface area contributed by atoms with Crippen molar-refractivity contribution in [2.24, 2.45) is 0 Å². The Balaban J connectivity index is 1.63. The average Bonchev–Trinajstić information content (AvgIpc) is 3.29. The van der Waals surface area contributed by atoms with E-state index < -0.39 is 36.1 Å². The van der Waals surface area contributed by atoms with Crippen LogP contribution in [0.5, 0.6) is 0 Å². The van der Waals surface area contributed by atoms with Crippen LogP contribution in [0.4, 0.5) is 23.7 Å². The Labute approximate surface area is 135 Å². The molecule has 1 aliphatic heterocycles. The topological polar surface area (TPSA) is 69.7 Å². The SMILES string of the molecule is O=C(CN1C(=O)CN(C2CC2)C1=O)Nc1cccc(C(F)(F)F)c1. The van der Waals surface area contributed by atoms with Gasteiger partial charge in [-0.25, -0.2) is 4.79 Å². The van der Waals surface area contributed by atoms with Gasteiger partial charge in [0.1, 0.15) is 13.1 Å². The Bertz CT molecular complexity index is 701. The molecule has 6 nitrogen and oxygen atoms in total. The summed E-state index contributed by atoms with van der Waals surface area (Å²) >= 11 is 0. The molecule has 0 atom stereocenters. The molecule has 2 fully saturated rings. The lowest BCUT2D eigenvalue weighted by Gasteiger charge is -2.16. The van der Waals surface area contributed by atoms with Crippen LogP contribution in [0.25, 0.3) is 0 Å². The van der Waals surface area contributed by atoms with Gasteiger partial charge in [0.05, 0.1) is 5.56 Å². The minimum absolute atomic E-state index is 0.0482. The summed E-state index contributed by atoms with van der Waals surface area (Å²) in [6, 6.07) is 3.68. The molecule has 1 aromatic rings. The van der Waals surface area contributed by atoms with Crippen LogP contribution in [0.3, 0.4) is 0 Å². The average molecular weight is 341 g/mol. The molecule has 1 N–H and O–H groups in total. The summed E-state index contributed by atoms with van der Waals surface area (Å²) in [5.41, 5.74) is -0.943. The standard InChI is InChI=1S/C15H14F3N3O3/c16-15(17,18)9-2-1-3-10(6-9)19-12(22)7-21-13(23)8-20(14(21)24)11-4-5-11/h1-3,6,11H,4-5,7-8H2,(H,19,22). The number of hydrogen-bond donors (Lipinski definition) is 1. The molecular weight excluding hydrogens is 327 g/mol. The number of halogens is 3. The highest BCUT2D eigenvalue weighted by atomic mass is 19.4. The molecule has 1 aliphatic carbocycles. The zero-order valence-corrected chi connectivity index (χ0v) is 12.5. The molecule has 1 saturated heterocycles. The quantitative estimate of drug-likeness (QED) is 0.853. The van der Waals surface area contributed by atoms with Crippen LogP contribution in [-0.2, 0) is 15.8 Å². The number of carbonyl (C=O) groups excluding carboxylic acids is 3. The molecule has 1 heterocycles. The van der Waals surface area contributed by atoms with E-state index in [4.69, 9.17) is 0 Å². The number of anilines is 1. The van der Waals surface area contributed by atoms with Crippen LogP contribution in [-0.4, -0.2) is 46.8 Å². The van der Waals surface area contributed by atoms with Gasteiger partial charge in [0.25, 0.3) is 5.91 Å². The summed E-state index contributed by atoms with van der Waals surface area (Å²) in [6.45, 7) is -0.572. The first-order valence-corrected chi connectivity index (χ1v) is 7.34. The number of benzene rings is 1. The second-order valence-corrected chi connectivity index (χ2v) is 5.75. The van der Waals surface area contributed by atoms with Crippen LogP contribution in [0.15, 0.2) is 24.3 Å². The zero-order chi connectivity index (χ0) is 17.5. The lowest BCUT2D eigenvalue weighted by atomic mass is 10.2. The molecule has 0 bridgehead atoms. The number of alkyl halides is 3. The fourth-order valence-corrected chi connectivity index (χ4v) is 2.51. The molecule has 1 saturated carbocycles. The Morgan fingerprint density at radius 3 is 2.58 bits per heavy atom. The first-order chi connectivity index (χ1) is 11.3. The third kappa shape index (κ3) is 3.34. The molecule has 0 unspecified atom stereocenters. The van der Waals surface area contributed by atoms with Crippen LogP contribution in [0.1, 0.15) is 18.4 Å². The van der Waals surface area contributed by atoms with Gasteiger partial charge >= 0.3 is 12.2 Å². The van der Waals surface area contributed by atoms with Gasteiger partial charge in [-0.3, -0.25) is 14.5 Å². The number of hydrogen-bond acceptors (Lipinski definition) is 3. The van der Waals surface area contributed by atoms with Crippen LogP contribution >= 0.6 is 0 Å².